The average molecular weight is 217 g/mol. The molecule has 1 N–H and O–H groups in total. The van der Waals surface area contributed by atoms with E-state index < -0.39 is 0 Å². The molecule has 2 unspecified atom stereocenters. The van der Waals surface area contributed by atoms with Crippen LogP contribution in [-0.2, 0) is 6.42 Å². The Morgan fingerprint density at radius 3 is 2.69 bits per heavy atom. The van der Waals surface area contributed by atoms with Crippen LogP contribution in [0, 0.1) is 12.8 Å². The number of hydrogen-bond acceptors (Lipinski definition) is 1. The van der Waals surface area contributed by atoms with E-state index in [1.165, 1.54) is 30.4 Å². The van der Waals surface area contributed by atoms with E-state index in [1.54, 1.807) is 0 Å². The fraction of sp³-hybridized carbons (Fsp3) is 0.600. The highest BCUT2D eigenvalue weighted by atomic mass is 15.0. The van der Waals surface area contributed by atoms with Crippen LogP contribution in [0.3, 0.4) is 0 Å². The first kappa shape index (κ1) is 11.7. The lowest BCUT2D eigenvalue weighted by molar-refractivity contribution is 0.396. The van der Waals surface area contributed by atoms with E-state index in [0.717, 1.165) is 6.04 Å². The molecule has 1 aliphatic rings. The van der Waals surface area contributed by atoms with Crippen LogP contribution in [0.2, 0.25) is 0 Å². The summed E-state index contributed by atoms with van der Waals surface area (Å²) >= 11 is 0. The summed E-state index contributed by atoms with van der Waals surface area (Å²) in [5.41, 5.74) is 2.84. The summed E-state index contributed by atoms with van der Waals surface area (Å²) in [5.74, 6) is 0.711. The molecule has 16 heavy (non-hydrogen) atoms. The number of benzene rings is 1. The first-order valence-corrected chi connectivity index (χ1v) is 6.47. The van der Waals surface area contributed by atoms with Crippen LogP contribution < -0.4 is 5.32 Å². The zero-order chi connectivity index (χ0) is 11.5. The summed E-state index contributed by atoms with van der Waals surface area (Å²) in [6, 6.07) is 10.3. The molecule has 2 atom stereocenters. The van der Waals surface area contributed by atoms with Crippen molar-refractivity contribution in [1.29, 1.82) is 0 Å². The Balaban J connectivity index is 1.87. The van der Waals surface area contributed by atoms with Gasteiger partial charge in [0.15, 0.2) is 0 Å². The Bertz CT molecular complexity index is 341. The monoisotopic (exact) mass is 217 g/mol. The second-order valence-corrected chi connectivity index (χ2v) is 5.40. The number of aryl methyl sites for hydroxylation is 1. The van der Waals surface area contributed by atoms with E-state index in [1.807, 2.05) is 0 Å². The van der Waals surface area contributed by atoms with Crippen LogP contribution in [0.5, 0.6) is 0 Å². The Morgan fingerprint density at radius 2 is 2.06 bits per heavy atom. The molecule has 0 bridgehead atoms. The van der Waals surface area contributed by atoms with Gasteiger partial charge in [0.2, 0.25) is 0 Å². The molecule has 2 rings (SSSR count). The van der Waals surface area contributed by atoms with Gasteiger partial charge < -0.3 is 5.32 Å². The molecular weight excluding hydrogens is 194 g/mol. The minimum absolute atomic E-state index is 0.632. The van der Waals surface area contributed by atoms with Crippen LogP contribution >= 0.6 is 0 Å². The molecule has 1 fully saturated rings. The van der Waals surface area contributed by atoms with Gasteiger partial charge in [-0.2, -0.15) is 0 Å². The van der Waals surface area contributed by atoms with Crippen molar-refractivity contribution >= 4 is 0 Å². The minimum Gasteiger partial charge on any atom is -0.311 e. The highest BCUT2D eigenvalue weighted by Gasteiger charge is 2.24. The van der Waals surface area contributed by atoms with E-state index in [4.69, 9.17) is 0 Å². The summed E-state index contributed by atoms with van der Waals surface area (Å²) in [5, 5.41) is 3.69. The zero-order valence-corrected chi connectivity index (χ0v) is 10.7. The molecule has 1 aliphatic carbocycles. The van der Waals surface area contributed by atoms with Crippen LogP contribution in [0.15, 0.2) is 24.3 Å². The SMILES string of the molecule is Cc1cccc(CC(C)C(C)NC2CC2)c1. The Morgan fingerprint density at radius 1 is 1.31 bits per heavy atom. The van der Waals surface area contributed by atoms with Gasteiger partial charge in [-0.1, -0.05) is 36.8 Å². The average Bonchev–Trinajstić information content (AvgIpc) is 3.01. The number of hydrogen-bond donors (Lipinski definition) is 1. The quantitative estimate of drug-likeness (QED) is 0.798. The summed E-state index contributed by atoms with van der Waals surface area (Å²) < 4.78 is 0. The van der Waals surface area contributed by atoms with Gasteiger partial charge in [-0.3, -0.25) is 0 Å². The molecule has 88 valence electrons. The van der Waals surface area contributed by atoms with Crippen molar-refractivity contribution in [1.82, 2.24) is 5.32 Å². The maximum Gasteiger partial charge on any atom is 0.00708 e. The van der Waals surface area contributed by atoms with Crippen molar-refractivity contribution in [3.8, 4) is 0 Å². The molecule has 1 saturated carbocycles. The Hall–Kier alpha value is -0.820. The van der Waals surface area contributed by atoms with Gasteiger partial charge in [0.1, 0.15) is 0 Å². The summed E-state index contributed by atoms with van der Waals surface area (Å²) in [6.07, 6.45) is 3.94. The van der Waals surface area contributed by atoms with E-state index in [9.17, 15) is 0 Å². The van der Waals surface area contributed by atoms with Crippen molar-refractivity contribution in [2.24, 2.45) is 5.92 Å². The third-order valence-electron chi connectivity index (χ3n) is 3.57. The predicted molar refractivity (Wildman–Crippen MR) is 69.7 cm³/mol. The van der Waals surface area contributed by atoms with Crippen LogP contribution in [-0.4, -0.2) is 12.1 Å². The fourth-order valence-corrected chi connectivity index (χ4v) is 2.17. The topological polar surface area (TPSA) is 12.0 Å². The van der Waals surface area contributed by atoms with Gasteiger partial charge in [-0.05, 0) is 44.6 Å². The summed E-state index contributed by atoms with van der Waals surface area (Å²) in [7, 11) is 0. The molecule has 1 heteroatoms. The molecule has 0 aromatic heterocycles. The van der Waals surface area contributed by atoms with Crippen molar-refractivity contribution in [3.05, 3.63) is 35.4 Å². The van der Waals surface area contributed by atoms with Crippen molar-refractivity contribution in [2.45, 2.75) is 52.1 Å². The molecule has 0 aliphatic heterocycles. The second kappa shape index (κ2) is 5.01. The zero-order valence-electron chi connectivity index (χ0n) is 10.7. The van der Waals surface area contributed by atoms with Crippen molar-refractivity contribution < 1.29 is 0 Å². The highest BCUT2D eigenvalue weighted by Crippen LogP contribution is 2.22. The summed E-state index contributed by atoms with van der Waals surface area (Å²) in [6.45, 7) is 6.83. The van der Waals surface area contributed by atoms with Crippen LogP contribution in [0.1, 0.15) is 37.8 Å². The lowest BCUT2D eigenvalue weighted by Gasteiger charge is -2.21. The Labute approximate surface area is 99.3 Å². The van der Waals surface area contributed by atoms with Gasteiger partial charge >= 0.3 is 0 Å². The number of rotatable bonds is 5. The predicted octanol–water partition coefficient (Wildman–Crippen LogP) is 3.31. The normalized spacial score (nSPS) is 19.4. The third kappa shape index (κ3) is 3.34. The van der Waals surface area contributed by atoms with Gasteiger partial charge in [0.05, 0.1) is 0 Å². The van der Waals surface area contributed by atoms with Crippen molar-refractivity contribution in [2.75, 3.05) is 0 Å². The van der Waals surface area contributed by atoms with Gasteiger partial charge in [-0.25, -0.2) is 0 Å². The molecule has 1 aromatic rings. The molecular formula is C15H23N. The Kier molecular flexibility index (Phi) is 3.65. The van der Waals surface area contributed by atoms with E-state index >= 15 is 0 Å². The van der Waals surface area contributed by atoms with Gasteiger partial charge in [-0.15, -0.1) is 0 Å². The largest absolute Gasteiger partial charge is 0.311 e. The number of nitrogens with one attached hydrogen (secondary N) is 1. The second-order valence-electron chi connectivity index (χ2n) is 5.40. The first-order valence-electron chi connectivity index (χ1n) is 6.47. The lowest BCUT2D eigenvalue weighted by atomic mass is 9.94. The molecule has 0 spiro atoms. The molecule has 1 nitrogen and oxygen atoms in total. The van der Waals surface area contributed by atoms with Crippen molar-refractivity contribution in [3.63, 3.8) is 0 Å². The van der Waals surface area contributed by atoms with Gasteiger partial charge in [0.25, 0.3) is 0 Å². The van der Waals surface area contributed by atoms with E-state index in [0.29, 0.717) is 12.0 Å². The third-order valence-corrected chi connectivity index (χ3v) is 3.57. The van der Waals surface area contributed by atoms with Crippen LogP contribution in [0.4, 0.5) is 0 Å². The maximum atomic E-state index is 3.69. The fourth-order valence-electron chi connectivity index (χ4n) is 2.17. The van der Waals surface area contributed by atoms with E-state index in [-0.39, 0.29) is 0 Å². The molecule has 1 aromatic carbocycles. The first-order chi connectivity index (χ1) is 7.65. The lowest BCUT2D eigenvalue weighted by Crippen LogP contribution is -2.34. The standard InChI is InChI=1S/C15H23N/c1-11-5-4-6-14(9-11)10-12(2)13(3)16-15-7-8-15/h4-6,9,12-13,15-16H,7-8,10H2,1-3H3. The summed E-state index contributed by atoms with van der Waals surface area (Å²) in [4.78, 5) is 0. The molecule has 0 heterocycles. The van der Waals surface area contributed by atoms with E-state index in [2.05, 4.69) is 50.4 Å². The smallest absolute Gasteiger partial charge is 0.00708 e. The maximum absolute atomic E-state index is 3.69. The molecule has 0 saturated heterocycles. The molecule has 0 radical (unpaired) electrons. The molecule has 0 amide bonds. The minimum atomic E-state index is 0.632. The highest BCUT2D eigenvalue weighted by molar-refractivity contribution is 5.22. The van der Waals surface area contributed by atoms with Crippen LogP contribution in [0.25, 0.3) is 0 Å². The van der Waals surface area contributed by atoms with Gasteiger partial charge in [0, 0.05) is 12.1 Å².